The third-order valence-corrected chi connectivity index (χ3v) is 3.51. The van der Waals surface area contributed by atoms with Gasteiger partial charge in [-0.25, -0.2) is 0 Å². The summed E-state index contributed by atoms with van der Waals surface area (Å²) >= 11 is 11.8. The van der Waals surface area contributed by atoms with Crippen molar-refractivity contribution in [2.45, 2.75) is 12.5 Å². The van der Waals surface area contributed by atoms with E-state index in [9.17, 15) is 5.11 Å². The molecule has 0 aliphatic carbocycles. The van der Waals surface area contributed by atoms with Gasteiger partial charge in [0.1, 0.15) is 5.75 Å². The fourth-order valence-electron chi connectivity index (χ4n) is 1.74. The minimum Gasteiger partial charge on any atom is -0.495 e. The SMILES string of the molecule is COc1cncc(C(O)Cc2ccc(Cl)c(Cl)c2)c1. The maximum Gasteiger partial charge on any atom is 0.137 e. The fourth-order valence-corrected chi connectivity index (χ4v) is 2.06. The van der Waals surface area contributed by atoms with Crippen LogP contribution in [0.25, 0.3) is 0 Å². The number of aromatic nitrogens is 1. The van der Waals surface area contributed by atoms with E-state index in [-0.39, 0.29) is 0 Å². The molecule has 0 aliphatic heterocycles. The largest absolute Gasteiger partial charge is 0.495 e. The zero-order valence-corrected chi connectivity index (χ0v) is 11.8. The Morgan fingerprint density at radius 2 is 2.00 bits per heavy atom. The lowest BCUT2D eigenvalue weighted by Gasteiger charge is -2.12. The molecule has 0 fully saturated rings. The predicted molar refractivity (Wildman–Crippen MR) is 75.9 cm³/mol. The van der Waals surface area contributed by atoms with Crippen LogP contribution in [-0.4, -0.2) is 17.2 Å². The van der Waals surface area contributed by atoms with Crippen molar-refractivity contribution < 1.29 is 9.84 Å². The van der Waals surface area contributed by atoms with Crippen LogP contribution in [0.3, 0.4) is 0 Å². The molecule has 0 bridgehead atoms. The summed E-state index contributed by atoms with van der Waals surface area (Å²) in [5.41, 5.74) is 1.61. The Balaban J connectivity index is 2.15. The molecule has 19 heavy (non-hydrogen) atoms. The Morgan fingerprint density at radius 1 is 1.21 bits per heavy atom. The number of nitrogens with zero attached hydrogens (tertiary/aromatic N) is 1. The monoisotopic (exact) mass is 297 g/mol. The molecule has 3 nitrogen and oxygen atoms in total. The molecule has 0 radical (unpaired) electrons. The van der Waals surface area contributed by atoms with E-state index in [0.717, 1.165) is 5.56 Å². The van der Waals surface area contributed by atoms with Gasteiger partial charge in [-0.3, -0.25) is 4.98 Å². The van der Waals surface area contributed by atoms with Crippen LogP contribution in [-0.2, 0) is 6.42 Å². The van der Waals surface area contributed by atoms with Gasteiger partial charge in [0.05, 0.1) is 29.5 Å². The first kappa shape index (κ1) is 14.1. The molecule has 1 atom stereocenters. The minimum atomic E-state index is -0.667. The summed E-state index contributed by atoms with van der Waals surface area (Å²) in [5, 5.41) is 11.2. The molecule has 0 spiro atoms. The van der Waals surface area contributed by atoms with Crippen molar-refractivity contribution in [3.8, 4) is 5.75 Å². The summed E-state index contributed by atoms with van der Waals surface area (Å²) in [4.78, 5) is 4.02. The summed E-state index contributed by atoms with van der Waals surface area (Å²) in [6.45, 7) is 0. The highest BCUT2D eigenvalue weighted by atomic mass is 35.5. The second kappa shape index (κ2) is 6.24. The van der Waals surface area contributed by atoms with Crippen LogP contribution in [0.2, 0.25) is 10.0 Å². The number of methoxy groups -OCH3 is 1. The number of hydrogen-bond donors (Lipinski definition) is 1. The third-order valence-electron chi connectivity index (χ3n) is 2.77. The van der Waals surface area contributed by atoms with Gasteiger partial charge in [0.25, 0.3) is 0 Å². The predicted octanol–water partition coefficient (Wildman–Crippen LogP) is 3.67. The Bertz CT molecular complexity index is 575. The number of ether oxygens (including phenoxy) is 1. The molecule has 1 N–H and O–H groups in total. The van der Waals surface area contributed by atoms with Crippen LogP contribution in [0.5, 0.6) is 5.75 Å². The Hall–Kier alpha value is -1.29. The number of hydrogen-bond acceptors (Lipinski definition) is 3. The van der Waals surface area contributed by atoms with E-state index in [4.69, 9.17) is 27.9 Å². The van der Waals surface area contributed by atoms with Crippen molar-refractivity contribution in [3.05, 3.63) is 57.8 Å². The number of pyridine rings is 1. The molecule has 1 aromatic heterocycles. The second-order valence-electron chi connectivity index (χ2n) is 4.13. The zero-order chi connectivity index (χ0) is 13.8. The number of halogens is 2. The van der Waals surface area contributed by atoms with Gasteiger partial charge in [-0.2, -0.15) is 0 Å². The lowest BCUT2D eigenvalue weighted by molar-refractivity contribution is 0.177. The van der Waals surface area contributed by atoms with Crippen LogP contribution in [0, 0.1) is 0 Å². The van der Waals surface area contributed by atoms with Gasteiger partial charge in [-0.05, 0) is 23.8 Å². The number of benzene rings is 1. The van der Waals surface area contributed by atoms with E-state index >= 15 is 0 Å². The smallest absolute Gasteiger partial charge is 0.137 e. The average Bonchev–Trinajstić information content (AvgIpc) is 2.43. The molecule has 1 aromatic carbocycles. The molecule has 1 unspecified atom stereocenters. The van der Waals surface area contributed by atoms with E-state index < -0.39 is 6.10 Å². The first-order chi connectivity index (χ1) is 9.10. The lowest BCUT2D eigenvalue weighted by atomic mass is 10.0. The lowest BCUT2D eigenvalue weighted by Crippen LogP contribution is -2.03. The van der Waals surface area contributed by atoms with Crippen molar-refractivity contribution in [3.63, 3.8) is 0 Å². The summed E-state index contributed by atoms with van der Waals surface area (Å²) in [5.74, 6) is 0.616. The van der Waals surface area contributed by atoms with Crippen LogP contribution < -0.4 is 4.74 Å². The van der Waals surface area contributed by atoms with Gasteiger partial charge in [0, 0.05) is 18.2 Å². The maximum atomic E-state index is 10.2. The van der Waals surface area contributed by atoms with E-state index in [1.54, 1.807) is 37.7 Å². The molecule has 100 valence electrons. The standard InChI is InChI=1S/C14H13Cl2NO2/c1-19-11-6-10(7-17-8-11)14(18)5-9-2-3-12(15)13(16)4-9/h2-4,6-8,14,18H,5H2,1H3. The minimum absolute atomic E-state index is 0.436. The van der Waals surface area contributed by atoms with Crippen LogP contribution in [0.15, 0.2) is 36.7 Å². The summed E-state index contributed by atoms with van der Waals surface area (Å²) in [7, 11) is 1.56. The molecule has 1 heterocycles. The van der Waals surface area contributed by atoms with Crippen molar-refractivity contribution in [2.75, 3.05) is 7.11 Å². The summed E-state index contributed by atoms with van der Waals surface area (Å²) in [6, 6.07) is 7.07. The summed E-state index contributed by atoms with van der Waals surface area (Å²) in [6.07, 6.45) is 2.98. The van der Waals surface area contributed by atoms with Crippen LogP contribution in [0.1, 0.15) is 17.2 Å². The quantitative estimate of drug-likeness (QED) is 0.936. The van der Waals surface area contributed by atoms with Gasteiger partial charge in [-0.1, -0.05) is 29.3 Å². The van der Waals surface area contributed by atoms with E-state index in [2.05, 4.69) is 4.98 Å². The van der Waals surface area contributed by atoms with Gasteiger partial charge in [0.15, 0.2) is 0 Å². The molecule has 5 heteroatoms. The van der Waals surface area contributed by atoms with E-state index in [1.165, 1.54) is 0 Å². The maximum absolute atomic E-state index is 10.2. The Morgan fingerprint density at radius 3 is 2.68 bits per heavy atom. The molecule has 0 amide bonds. The van der Waals surface area contributed by atoms with E-state index in [0.29, 0.717) is 27.8 Å². The normalized spacial score (nSPS) is 12.2. The fraction of sp³-hybridized carbons (Fsp3) is 0.214. The third kappa shape index (κ3) is 3.60. The van der Waals surface area contributed by atoms with Crippen molar-refractivity contribution >= 4 is 23.2 Å². The average molecular weight is 298 g/mol. The highest BCUT2D eigenvalue weighted by Gasteiger charge is 2.11. The van der Waals surface area contributed by atoms with Crippen LogP contribution in [0.4, 0.5) is 0 Å². The van der Waals surface area contributed by atoms with Gasteiger partial charge >= 0.3 is 0 Å². The van der Waals surface area contributed by atoms with Crippen molar-refractivity contribution in [2.24, 2.45) is 0 Å². The number of aliphatic hydroxyl groups is 1. The summed E-state index contributed by atoms with van der Waals surface area (Å²) < 4.78 is 5.08. The second-order valence-corrected chi connectivity index (χ2v) is 4.94. The molecule has 2 rings (SSSR count). The molecule has 0 saturated heterocycles. The first-order valence-electron chi connectivity index (χ1n) is 5.71. The number of rotatable bonds is 4. The van der Waals surface area contributed by atoms with Crippen molar-refractivity contribution in [1.29, 1.82) is 0 Å². The van der Waals surface area contributed by atoms with Crippen LogP contribution >= 0.6 is 23.2 Å². The zero-order valence-electron chi connectivity index (χ0n) is 10.3. The van der Waals surface area contributed by atoms with Gasteiger partial charge < -0.3 is 9.84 Å². The molecule has 0 saturated carbocycles. The molecular formula is C14H13Cl2NO2. The van der Waals surface area contributed by atoms with Crippen molar-refractivity contribution in [1.82, 2.24) is 4.98 Å². The Labute approximate surface area is 121 Å². The molecule has 2 aromatic rings. The highest BCUT2D eigenvalue weighted by molar-refractivity contribution is 6.42. The van der Waals surface area contributed by atoms with E-state index in [1.807, 2.05) is 6.07 Å². The van der Waals surface area contributed by atoms with Gasteiger partial charge in [-0.15, -0.1) is 0 Å². The first-order valence-corrected chi connectivity index (χ1v) is 6.46. The molecular weight excluding hydrogens is 285 g/mol. The van der Waals surface area contributed by atoms with Gasteiger partial charge in [0.2, 0.25) is 0 Å². The molecule has 0 aliphatic rings. The topological polar surface area (TPSA) is 42.4 Å². The Kier molecular flexibility index (Phi) is 4.64. The highest BCUT2D eigenvalue weighted by Crippen LogP contribution is 2.26. The number of aliphatic hydroxyl groups excluding tert-OH is 1.